The molecule has 0 saturated carbocycles. The van der Waals surface area contributed by atoms with Crippen LogP contribution in [0.5, 0.6) is 0 Å². The van der Waals surface area contributed by atoms with Crippen LogP contribution in [0.3, 0.4) is 0 Å². The van der Waals surface area contributed by atoms with E-state index in [4.69, 9.17) is 5.73 Å². The molecule has 1 heterocycles. The predicted octanol–water partition coefficient (Wildman–Crippen LogP) is 1.62. The van der Waals surface area contributed by atoms with Gasteiger partial charge in [0.2, 0.25) is 5.91 Å². The van der Waals surface area contributed by atoms with Gasteiger partial charge in [0.1, 0.15) is 0 Å². The minimum absolute atomic E-state index is 0.0199. The van der Waals surface area contributed by atoms with E-state index in [1.54, 1.807) is 0 Å². The van der Waals surface area contributed by atoms with Gasteiger partial charge in [0.15, 0.2) is 0 Å². The molecule has 0 aromatic heterocycles. The van der Waals surface area contributed by atoms with Gasteiger partial charge in [-0.05, 0) is 31.6 Å². The van der Waals surface area contributed by atoms with Crippen LogP contribution in [0.1, 0.15) is 40.0 Å². The van der Waals surface area contributed by atoms with Crippen molar-refractivity contribution in [2.45, 2.75) is 46.1 Å². The van der Waals surface area contributed by atoms with Gasteiger partial charge in [-0.3, -0.25) is 4.79 Å². The molecule has 3 nitrogen and oxygen atoms in total. The molecule has 2 N–H and O–H groups in total. The molecular weight excluding hydrogens is 188 g/mol. The first-order chi connectivity index (χ1) is 6.99. The van der Waals surface area contributed by atoms with E-state index in [1.807, 2.05) is 11.8 Å². The molecule has 88 valence electrons. The van der Waals surface area contributed by atoms with Crippen molar-refractivity contribution in [2.24, 2.45) is 17.6 Å². The topological polar surface area (TPSA) is 46.3 Å². The molecule has 0 radical (unpaired) electrons. The highest BCUT2D eigenvalue weighted by Crippen LogP contribution is 2.21. The van der Waals surface area contributed by atoms with Crippen LogP contribution < -0.4 is 5.73 Å². The van der Waals surface area contributed by atoms with Crippen LogP contribution in [0, 0.1) is 11.8 Å². The van der Waals surface area contributed by atoms with Crippen LogP contribution in [-0.4, -0.2) is 29.9 Å². The van der Waals surface area contributed by atoms with E-state index in [0.717, 1.165) is 25.4 Å². The number of carbonyl (C=O) groups is 1. The summed E-state index contributed by atoms with van der Waals surface area (Å²) >= 11 is 0. The first-order valence-electron chi connectivity index (χ1n) is 6.02. The van der Waals surface area contributed by atoms with Crippen molar-refractivity contribution in [3.8, 4) is 0 Å². The smallest absolute Gasteiger partial charge is 0.224 e. The molecular formula is C12H24N2O. The molecule has 3 atom stereocenters. The van der Waals surface area contributed by atoms with Crippen LogP contribution in [0.25, 0.3) is 0 Å². The van der Waals surface area contributed by atoms with Crippen molar-refractivity contribution in [3.05, 3.63) is 0 Å². The molecule has 1 rings (SSSR count). The summed E-state index contributed by atoms with van der Waals surface area (Å²) in [6.07, 6.45) is 2.86. The maximum absolute atomic E-state index is 11.9. The fraction of sp³-hybridized carbons (Fsp3) is 0.917. The standard InChI is InChI=1S/C12H24N2O/c1-9-4-5-14(8-10(2)6-9)12(15)7-11(3)13/h9-11H,4-8,13H2,1-3H3. The molecule has 1 fully saturated rings. The zero-order valence-corrected chi connectivity index (χ0v) is 10.2. The number of carbonyl (C=O) groups excluding carboxylic acids is 1. The number of nitrogens with two attached hydrogens (primary N) is 1. The minimum atomic E-state index is -0.0199. The number of hydrogen-bond donors (Lipinski definition) is 1. The Morgan fingerprint density at radius 2 is 2.13 bits per heavy atom. The van der Waals surface area contributed by atoms with E-state index in [0.29, 0.717) is 12.3 Å². The lowest BCUT2D eigenvalue weighted by Gasteiger charge is -2.23. The van der Waals surface area contributed by atoms with Crippen molar-refractivity contribution in [1.82, 2.24) is 4.90 Å². The number of likely N-dealkylation sites (tertiary alicyclic amines) is 1. The summed E-state index contributed by atoms with van der Waals surface area (Å²) in [6.45, 7) is 8.22. The Morgan fingerprint density at radius 1 is 1.47 bits per heavy atom. The predicted molar refractivity (Wildman–Crippen MR) is 62.4 cm³/mol. The summed E-state index contributed by atoms with van der Waals surface area (Å²) in [5.74, 6) is 1.60. The summed E-state index contributed by atoms with van der Waals surface area (Å²) in [5.41, 5.74) is 5.65. The normalized spacial score (nSPS) is 29.7. The molecule has 0 aromatic rings. The third-order valence-corrected chi connectivity index (χ3v) is 3.08. The summed E-state index contributed by atoms with van der Waals surface area (Å²) in [5, 5.41) is 0. The molecule has 0 spiro atoms. The third-order valence-electron chi connectivity index (χ3n) is 3.08. The van der Waals surface area contributed by atoms with Crippen molar-refractivity contribution >= 4 is 5.91 Å². The van der Waals surface area contributed by atoms with E-state index >= 15 is 0 Å². The molecule has 15 heavy (non-hydrogen) atoms. The van der Waals surface area contributed by atoms with Gasteiger partial charge in [0.25, 0.3) is 0 Å². The third kappa shape index (κ3) is 4.20. The van der Waals surface area contributed by atoms with Crippen LogP contribution >= 0.6 is 0 Å². The van der Waals surface area contributed by atoms with Crippen LogP contribution in [0.4, 0.5) is 0 Å². The molecule has 1 saturated heterocycles. The summed E-state index contributed by atoms with van der Waals surface area (Å²) in [7, 11) is 0. The zero-order valence-electron chi connectivity index (χ0n) is 10.2. The lowest BCUT2D eigenvalue weighted by molar-refractivity contribution is -0.131. The first-order valence-corrected chi connectivity index (χ1v) is 6.02. The van der Waals surface area contributed by atoms with Crippen LogP contribution in [0.15, 0.2) is 0 Å². The maximum Gasteiger partial charge on any atom is 0.224 e. The minimum Gasteiger partial charge on any atom is -0.342 e. The Kier molecular flexibility index (Phi) is 4.58. The SMILES string of the molecule is CC(N)CC(=O)N1CCC(C)CC(C)C1. The largest absolute Gasteiger partial charge is 0.342 e. The number of nitrogens with zero attached hydrogens (tertiary/aromatic N) is 1. The van der Waals surface area contributed by atoms with Gasteiger partial charge in [-0.1, -0.05) is 13.8 Å². The average molecular weight is 212 g/mol. The Hall–Kier alpha value is -0.570. The summed E-state index contributed by atoms with van der Waals surface area (Å²) in [4.78, 5) is 13.9. The number of rotatable bonds is 2. The van der Waals surface area contributed by atoms with Crippen LogP contribution in [-0.2, 0) is 4.79 Å². The molecule has 1 amide bonds. The van der Waals surface area contributed by atoms with Gasteiger partial charge in [0.05, 0.1) is 0 Å². The van der Waals surface area contributed by atoms with Gasteiger partial charge >= 0.3 is 0 Å². The lowest BCUT2D eigenvalue weighted by Crippen LogP contribution is -2.37. The monoisotopic (exact) mass is 212 g/mol. The molecule has 0 bridgehead atoms. The van der Waals surface area contributed by atoms with Crippen molar-refractivity contribution in [3.63, 3.8) is 0 Å². The number of amides is 1. The Balaban J connectivity index is 2.50. The highest BCUT2D eigenvalue weighted by Gasteiger charge is 2.22. The molecule has 1 aliphatic heterocycles. The molecule has 1 aliphatic rings. The fourth-order valence-electron chi connectivity index (χ4n) is 2.35. The first kappa shape index (κ1) is 12.5. The van der Waals surface area contributed by atoms with E-state index in [1.165, 1.54) is 6.42 Å². The maximum atomic E-state index is 11.9. The second-order valence-electron chi connectivity index (χ2n) is 5.26. The summed E-state index contributed by atoms with van der Waals surface area (Å²) in [6, 6.07) is -0.0199. The molecule has 3 unspecified atom stereocenters. The zero-order chi connectivity index (χ0) is 11.4. The molecule has 0 aliphatic carbocycles. The number of hydrogen-bond acceptors (Lipinski definition) is 2. The molecule has 3 heteroatoms. The Labute approximate surface area is 93.0 Å². The quantitative estimate of drug-likeness (QED) is 0.756. The summed E-state index contributed by atoms with van der Waals surface area (Å²) < 4.78 is 0. The van der Waals surface area contributed by atoms with Crippen LogP contribution in [0.2, 0.25) is 0 Å². The van der Waals surface area contributed by atoms with Gasteiger partial charge in [-0.25, -0.2) is 0 Å². The highest BCUT2D eigenvalue weighted by atomic mass is 16.2. The second-order valence-corrected chi connectivity index (χ2v) is 5.26. The molecule has 0 aromatic carbocycles. The Bertz CT molecular complexity index is 216. The fourth-order valence-corrected chi connectivity index (χ4v) is 2.35. The van der Waals surface area contributed by atoms with Crippen molar-refractivity contribution in [2.75, 3.05) is 13.1 Å². The van der Waals surface area contributed by atoms with Crippen molar-refractivity contribution in [1.29, 1.82) is 0 Å². The lowest BCUT2D eigenvalue weighted by atomic mass is 9.97. The highest BCUT2D eigenvalue weighted by molar-refractivity contribution is 5.76. The second kappa shape index (κ2) is 5.50. The average Bonchev–Trinajstić information content (AvgIpc) is 2.25. The van der Waals surface area contributed by atoms with E-state index in [9.17, 15) is 4.79 Å². The van der Waals surface area contributed by atoms with E-state index in [-0.39, 0.29) is 11.9 Å². The van der Waals surface area contributed by atoms with E-state index < -0.39 is 0 Å². The Morgan fingerprint density at radius 3 is 2.73 bits per heavy atom. The van der Waals surface area contributed by atoms with Gasteiger partial charge < -0.3 is 10.6 Å². The van der Waals surface area contributed by atoms with Gasteiger partial charge in [-0.2, -0.15) is 0 Å². The van der Waals surface area contributed by atoms with E-state index in [2.05, 4.69) is 13.8 Å². The van der Waals surface area contributed by atoms with Gasteiger partial charge in [-0.15, -0.1) is 0 Å². The van der Waals surface area contributed by atoms with Crippen molar-refractivity contribution < 1.29 is 4.79 Å². The van der Waals surface area contributed by atoms with Gasteiger partial charge in [0, 0.05) is 25.6 Å².